The molecule has 0 fully saturated rings. The van der Waals surface area contributed by atoms with Crippen LogP contribution in [0.25, 0.3) is 11.0 Å². The minimum atomic E-state index is -1.16. The average Bonchev–Trinajstić information content (AvgIpc) is 3.11. The Hall–Kier alpha value is -3.28. The molecule has 2 aromatic heterocycles. The van der Waals surface area contributed by atoms with E-state index in [4.69, 9.17) is 9.73 Å². The van der Waals surface area contributed by atoms with Gasteiger partial charge in [-0.25, -0.2) is 9.98 Å². The molecular weight excluding hydrogens is 350 g/mol. The van der Waals surface area contributed by atoms with E-state index in [9.17, 15) is 5.11 Å². The van der Waals surface area contributed by atoms with Crippen LogP contribution in [0.5, 0.6) is 0 Å². The molecule has 0 bridgehead atoms. The molecule has 0 aliphatic carbocycles. The third-order valence-electron chi connectivity index (χ3n) is 4.63. The molecule has 0 aliphatic rings. The average molecular weight is 371 g/mol. The highest BCUT2D eigenvalue weighted by atomic mass is 16.6. The van der Waals surface area contributed by atoms with Gasteiger partial charge < -0.3 is 14.4 Å². The first kappa shape index (κ1) is 18.1. The van der Waals surface area contributed by atoms with Crippen LogP contribution >= 0.6 is 0 Å². The van der Waals surface area contributed by atoms with Gasteiger partial charge in [-0.15, -0.1) is 0 Å². The second-order valence-electron chi connectivity index (χ2n) is 6.51. The van der Waals surface area contributed by atoms with E-state index in [1.807, 2.05) is 90.6 Å². The van der Waals surface area contributed by atoms with Crippen LogP contribution < -0.4 is 0 Å². The monoisotopic (exact) mass is 371 g/mol. The van der Waals surface area contributed by atoms with E-state index in [1.165, 1.54) is 7.11 Å². The quantitative estimate of drug-likeness (QED) is 0.418. The van der Waals surface area contributed by atoms with E-state index < -0.39 is 6.29 Å². The summed E-state index contributed by atoms with van der Waals surface area (Å²) in [5.41, 5.74) is 4.52. The summed E-state index contributed by atoms with van der Waals surface area (Å²) < 4.78 is 7.06. The second-order valence-corrected chi connectivity index (χ2v) is 6.51. The summed E-state index contributed by atoms with van der Waals surface area (Å²) in [6.45, 7) is 0. The number of methoxy groups -OCH3 is 1. The number of pyridine rings is 1. The predicted octanol–water partition coefficient (Wildman–Crippen LogP) is 4.38. The fourth-order valence-corrected chi connectivity index (χ4v) is 3.18. The molecule has 1 N–H and O–H groups in total. The van der Waals surface area contributed by atoms with Gasteiger partial charge in [-0.1, -0.05) is 60.7 Å². The summed E-state index contributed by atoms with van der Waals surface area (Å²) in [5, 5.41) is 11.3. The number of benzene rings is 2. The van der Waals surface area contributed by atoms with Crippen molar-refractivity contribution in [1.29, 1.82) is 0 Å². The van der Waals surface area contributed by atoms with Crippen molar-refractivity contribution < 1.29 is 9.84 Å². The maximum absolute atomic E-state index is 10.4. The summed E-state index contributed by atoms with van der Waals surface area (Å²) in [4.78, 5) is 9.56. The Bertz CT molecular complexity index is 1080. The molecule has 0 spiro atoms. The zero-order chi connectivity index (χ0) is 19.5. The number of hydrogen-bond acceptors (Lipinski definition) is 4. The summed E-state index contributed by atoms with van der Waals surface area (Å²) in [7, 11) is 3.37. The van der Waals surface area contributed by atoms with Crippen LogP contribution in [-0.4, -0.2) is 27.5 Å². The molecule has 1 unspecified atom stereocenters. The number of aliphatic hydroxyl groups is 1. The van der Waals surface area contributed by atoms with Crippen molar-refractivity contribution >= 4 is 22.4 Å². The molecule has 28 heavy (non-hydrogen) atoms. The third kappa shape index (κ3) is 3.45. The lowest BCUT2D eigenvalue weighted by Crippen LogP contribution is -2.07. The highest BCUT2D eigenvalue weighted by Crippen LogP contribution is 2.30. The minimum Gasteiger partial charge on any atom is -0.363 e. The molecule has 0 saturated heterocycles. The molecule has 4 aromatic rings. The molecule has 2 heterocycles. The molecule has 0 saturated carbocycles. The topological polar surface area (TPSA) is 59.6 Å². The number of ether oxygens (including phenoxy) is 1. The normalized spacial score (nSPS) is 12.1. The first-order valence-corrected chi connectivity index (χ1v) is 9.03. The van der Waals surface area contributed by atoms with Gasteiger partial charge in [0.2, 0.25) is 6.29 Å². The van der Waals surface area contributed by atoms with Crippen LogP contribution in [0.4, 0.5) is 5.69 Å². The van der Waals surface area contributed by atoms with Crippen LogP contribution in [0, 0.1) is 0 Å². The van der Waals surface area contributed by atoms with Gasteiger partial charge >= 0.3 is 0 Å². The number of aliphatic hydroxyl groups excluding tert-OH is 1. The molecule has 4 rings (SSSR count). The van der Waals surface area contributed by atoms with Gasteiger partial charge in [-0.05, 0) is 12.1 Å². The lowest BCUT2D eigenvalue weighted by atomic mass is 10.0. The Morgan fingerprint density at radius 3 is 2.18 bits per heavy atom. The Labute approximate surface area is 163 Å². The van der Waals surface area contributed by atoms with Gasteiger partial charge in [0.1, 0.15) is 11.3 Å². The van der Waals surface area contributed by atoms with Gasteiger partial charge in [-0.3, -0.25) is 0 Å². The van der Waals surface area contributed by atoms with E-state index in [0.717, 1.165) is 27.9 Å². The van der Waals surface area contributed by atoms with Crippen LogP contribution in [0.2, 0.25) is 0 Å². The molecule has 2 aromatic carbocycles. The Morgan fingerprint density at radius 1 is 1.00 bits per heavy atom. The Balaban J connectivity index is 1.96. The summed E-state index contributed by atoms with van der Waals surface area (Å²) >= 11 is 0. The van der Waals surface area contributed by atoms with E-state index in [0.29, 0.717) is 11.4 Å². The molecule has 140 valence electrons. The highest BCUT2D eigenvalue weighted by molar-refractivity contribution is 6.14. The standard InChI is InChI=1S/C23H21N3O2/c1-26-14-13-18-15-19(21(23(27)28-2)25-22(18)26)24-20(16-9-5-3-6-10-16)17-11-7-4-8-12-17/h3-15,23,27H,1-2H3. The molecule has 0 amide bonds. The maximum atomic E-state index is 10.4. The lowest BCUT2D eigenvalue weighted by molar-refractivity contribution is -0.0792. The number of aromatic nitrogens is 2. The van der Waals surface area contributed by atoms with E-state index in [2.05, 4.69) is 4.98 Å². The van der Waals surface area contributed by atoms with Crippen LogP contribution in [0.3, 0.4) is 0 Å². The zero-order valence-electron chi connectivity index (χ0n) is 15.8. The first-order valence-electron chi connectivity index (χ1n) is 9.03. The molecule has 1 atom stereocenters. The molecule has 5 heteroatoms. The largest absolute Gasteiger partial charge is 0.363 e. The van der Waals surface area contributed by atoms with Gasteiger partial charge in [0.05, 0.1) is 11.4 Å². The molecule has 5 nitrogen and oxygen atoms in total. The Kier molecular flexibility index (Phi) is 5.02. The number of nitrogens with zero attached hydrogens (tertiary/aromatic N) is 3. The lowest BCUT2D eigenvalue weighted by Gasteiger charge is -2.14. The maximum Gasteiger partial charge on any atom is 0.200 e. The Morgan fingerprint density at radius 2 is 1.61 bits per heavy atom. The zero-order valence-corrected chi connectivity index (χ0v) is 15.8. The first-order chi connectivity index (χ1) is 13.7. The van der Waals surface area contributed by atoms with Crippen LogP contribution in [0.15, 0.2) is 84.0 Å². The van der Waals surface area contributed by atoms with E-state index in [-0.39, 0.29) is 0 Å². The van der Waals surface area contributed by atoms with E-state index in [1.54, 1.807) is 0 Å². The SMILES string of the molecule is COC(O)c1nc2c(ccn2C)cc1N=C(c1ccccc1)c1ccccc1. The summed E-state index contributed by atoms with van der Waals surface area (Å²) in [6, 6.07) is 23.9. The minimum absolute atomic E-state index is 0.390. The van der Waals surface area contributed by atoms with Crippen LogP contribution in [0.1, 0.15) is 23.1 Å². The van der Waals surface area contributed by atoms with Crippen molar-refractivity contribution in [2.24, 2.45) is 12.0 Å². The number of fused-ring (bicyclic) bond motifs is 1. The van der Waals surface area contributed by atoms with Gasteiger partial charge in [0, 0.05) is 36.9 Å². The molecular formula is C23H21N3O2. The third-order valence-corrected chi connectivity index (χ3v) is 4.63. The van der Waals surface area contributed by atoms with Crippen molar-refractivity contribution in [2.75, 3.05) is 7.11 Å². The van der Waals surface area contributed by atoms with Gasteiger partial charge in [-0.2, -0.15) is 0 Å². The van der Waals surface area contributed by atoms with Crippen molar-refractivity contribution in [3.8, 4) is 0 Å². The number of hydrogen-bond donors (Lipinski definition) is 1. The predicted molar refractivity (Wildman–Crippen MR) is 111 cm³/mol. The number of aliphatic imine (C=N–C) groups is 1. The van der Waals surface area contributed by atoms with Gasteiger partial charge in [0.15, 0.2) is 0 Å². The van der Waals surface area contributed by atoms with Crippen molar-refractivity contribution in [2.45, 2.75) is 6.29 Å². The van der Waals surface area contributed by atoms with Crippen molar-refractivity contribution in [3.63, 3.8) is 0 Å². The van der Waals surface area contributed by atoms with Crippen molar-refractivity contribution in [1.82, 2.24) is 9.55 Å². The second kappa shape index (κ2) is 7.76. The summed E-state index contributed by atoms with van der Waals surface area (Å²) in [5.74, 6) is 0. The smallest absolute Gasteiger partial charge is 0.200 e. The van der Waals surface area contributed by atoms with Crippen LogP contribution in [-0.2, 0) is 11.8 Å². The number of aryl methyl sites for hydroxylation is 1. The molecule has 0 radical (unpaired) electrons. The fraction of sp³-hybridized carbons (Fsp3) is 0.130. The molecule has 0 aliphatic heterocycles. The number of rotatable bonds is 5. The fourth-order valence-electron chi connectivity index (χ4n) is 3.18. The van der Waals surface area contributed by atoms with Gasteiger partial charge in [0.25, 0.3) is 0 Å². The summed E-state index contributed by atoms with van der Waals surface area (Å²) in [6.07, 6.45) is 0.773. The van der Waals surface area contributed by atoms with Crippen molar-refractivity contribution in [3.05, 3.63) is 95.8 Å². The van der Waals surface area contributed by atoms with E-state index >= 15 is 0 Å². The highest BCUT2D eigenvalue weighted by Gasteiger charge is 2.18.